The summed E-state index contributed by atoms with van der Waals surface area (Å²) in [6, 6.07) is 3.03. The molecule has 0 fully saturated rings. The SMILES string of the molecule is CC(C)NC(=O)CCNC(=O)c1ccc(C(=O)O)cc1F. The van der Waals surface area contributed by atoms with Gasteiger partial charge in [-0.2, -0.15) is 0 Å². The Morgan fingerprint density at radius 3 is 2.48 bits per heavy atom. The number of benzene rings is 1. The first-order valence-electron chi connectivity index (χ1n) is 6.41. The fraction of sp³-hybridized carbons (Fsp3) is 0.357. The molecule has 0 aliphatic heterocycles. The van der Waals surface area contributed by atoms with Gasteiger partial charge in [0.15, 0.2) is 0 Å². The van der Waals surface area contributed by atoms with E-state index in [-0.39, 0.29) is 36.0 Å². The number of carboxylic acid groups (broad SMARTS) is 1. The standard InChI is InChI=1S/C14H17FN2O4/c1-8(2)17-12(18)5-6-16-13(19)10-4-3-9(14(20)21)7-11(10)15/h3-4,7-8H,5-6H2,1-2H3,(H,16,19)(H,17,18)(H,20,21). The molecular weight excluding hydrogens is 279 g/mol. The minimum absolute atomic E-state index is 0.00853. The van der Waals surface area contributed by atoms with Crippen LogP contribution in [0.1, 0.15) is 41.0 Å². The monoisotopic (exact) mass is 296 g/mol. The van der Waals surface area contributed by atoms with Crippen LogP contribution in [0.2, 0.25) is 0 Å². The van der Waals surface area contributed by atoms with E-state index in [9.17, 15) is 18.8 Å². The molecule has 0 bridgehead atoms. The Bertz CT molecular complexity index is 558. The smallest absolute Gasteiger partial charge is 0.335 e. The first-order valence-corrected chi connectivity index (χ1v) is 6.41. The van der Waals surface area contributed by atoms with Gasteiger partial charge in [0.1, 0.15) is 5.82 Å². The molecule has 0 atom stereocenters. The highest BCUT2D eigenvalue weighted by atomic mass is 19.1. The number of hydrogen-bond acceptors (Lipinski definition) is 3. The second-order valence-corrected chi connectivity index (χ2v) is 4.73. The Morgan fingerprint density at radius 1 is 1.29 bits per heavy atom. The molecule has 21 heavy (non-hydrogen) atoms. The average Bonchev–Trinajstić information content (AvgIpc) is 2.37. The lowest BCUT2D eigenvalue weighted by atomic mass is 10.1. The quantitative estimate of drug-likeness (QED) is 0.734. The van der Waals surface area contributed by atoms with E-state index in [2.05, 4.69) is 10.6 Å². The van der Waals surface area contributed by atoms with E-state index < -0.39 is 17.7 Å². The predicted molar refractivity (Wildman–Crippen MR) is 73.6 cm³/mol. The van der Waals surface area contributed by atoms with Crippen LogP contribution in [0, 0.1) is 5.82 Å². The summed E-state index contributed by atoms with van der Waals surface area (Å²) in [5.74, 6) is -3.10. The maximum atomic E-state index is 13.6. The van der Waals surface area contributed by atoms with E-state index in [1.807, 2.05) is 13.8 Å². The van der Waals surface area contributed by atoms with Gasteiger partial charge in [-0.3, -0.25) is 9.59 Å². The van der Waals surface area contributed by atoms with Gasteiger partial charge in [-0.15, -0.1) is 0 Å². The molecule has 0 aliphatic carbocycles. The minimum Gasteiger partial charge on any atom is -0.478 e. The molecule has 0 spiro atoms. The van der Waals surface area contributed by atoms with Crippen molar-refractivity contribution in [2.75, 3.05) is 6.54 Å². The van der Waals surface area contributed by atoms with Crippen molar-refractivity contribution >= 4 is 17.8 Å². The highest BCUT2D eigenvalue weighted by molar-refractivity contribution is 5.96. The zero-order valence-corrected chi connectivity index (χ0v) is 11.8. The van der Waals surface area contributed by atoms with Gasteiger partial charge >= 0.3 is 5.97 Å². The molecule has 2 amide bonds. The van der Waals surface area contributed by atoms with Gasteiger partial charge in [0.2, 0.25) is 5.91 Å². The van der Waals surface area contributed by atoms with E-state index in [1.54, 1.807) is 0 Å². The van der Waals surface area contributed by atoms with Crippen LogP contribution >= 0.6 is 0 Å². The van der Waals surface area contributed by atoms with Gasteiger partial charge in [-0.05, 0) is 32.0 Å². The van der Waals surface area contributed by atoms with E-state index >= 15 is 0 Å². The van der Waals surface area contributed by atoms with Crippen LogP contribution in [0.25, 0.3) is 0 Å². The summed E-state index contributed by atoms with van der Waals surface area (Å²) >= 11 is 0. The maximum absolute atomic E-state index is 13.6. The molecule has 1 aromatic carbocycles. The Labute approximate surface area is 121 Å². The van der Waals surface area contributed by atoms with Gasteiger partial charge in [-0.25, -0.2) is 9.18 Å². The van der Waals surface area contributed by atoms with Gasteiger partial charge in [0, 0.05) is 19.0 Å². The number of halogens is 1. The average molecular weight is 296 g/mol. The van der Waals surface area contributed by atoms with E-state index in [4.69, 9.17) is 5.11 Å². The first kappa shape index (κ1) is 16.6. The third-order valence-electron chi connectivity index (χ3n) is 2.55. The Kier molecular flexibility index (Phi) is 5.83. The van der Waals surface area contributed by atoms with Crippen molar-refractivity contribution in [2.24, 2.45) is 0 Å². The maximum Gasteiger partial charge on any atom is 0.335 e. The largest absolute Gasteiger partial charge is 0.478 e. The number of carboxylic acids is 1. The lowest BCUT2D eigenvalue weighted by Gasteiger charge is -2.09. The van der Waals surface area contributed by atoms with Crippen molar-refractivity contribution in [3.8, 4) is 0 Å². The summed E-state index contributed by atoms with van der Waals surface area (Å²) in [6.07, 6.45) is 0.0821. The molecule has 6 nitrogen and oxygen atoms in total. The second kappa shape index (κ2) is 7.37. The highest BCUT2D eigenvalue weighted by Crippen LogP contribution is 2.10. The van der Waals surface area contributed by atoms with Gasteiger partial charge in [0.25, 0.3) is 5.91 Å². The van der Waals surface area contributed by atoms with Crippen LogP contribution in [0.15, 0.2) is 18.2 Å². The lowest BCUT2D eigenvalue weighted by molar-refractivity contribution is -0.121. The molecule has 0 radical (unpaired) electrons. The molecule has 7 heteroatoms. The fourth-order valence-electron chi connectivity index (χ4n) is 1.61. The zero-order valence-electron chi connectivity index (χ0n) is 11.8. The molecule has 3 N–H and O–H groups in total. The fourth-order valence-corrected chi connectivity index (χ4v) is 1.61. The number of carbonyl (C=O) groups is 3. The molecule has 0 saturated carbocycles. The molecule has 0 aromatic heterocycles. The minimum atomic E-state index is -1.27. The third kappa shape index (κ3) is 5.21. The van der Waals surface area contributed by atoms with Crippen molar-refractivity contribution in [2.45, 2.75) is 26.3 Å². The van der Waals surface area contributed by atoms with Gasteiger partial charge in [-0.1, -0.05) is 0 Å². The van der Waals surface area contributed by atoms with Crippen molar-refractivity contribution < 1.29 is 23.9 Å². The van der Waals surface area contributed by atoms with Crippen LogP contribution < -0.4 is 10.6 Å². The van der Waals surface area contributed by atoms with Crippen LogP contribution in [0.4, 0.5) is 4.39 Å². The van der Waals surface area contributed by atoms with E-state index in [0.717, 1.165) is 18.2 Å². The predicted octanol–water partition coefficient (Wildman–Crippen LogP) is 1.17. The van der Waals surface area contributed by atoms with Crippen LogP contribution in [-0.2, 0) is 4.79 Å². The molecular formula is C14H17FN2O4. The molecule has 0 saturated heterocycles. The molecule has 114 valence electrons. The van der Waals surface area contributed by atoms with E-state index in [0.29, 0.717) is 0 Å². The molecule has 1 rings (SSSR count). The van der Waals surface area contributed by atoms with Crippen molar-refractivity contribution in [3.63, 3.8) is 0 Å². The topological polar surface area (TPSA) is 95.5 Å². The number of rotatable bonds is 6. The van der Waals surface area contributed by atoms with Gasteiger partial charge in [0.05, 0.1) is 11.1 Å². The summed E-state index contributed by atoms with van der Waals surface area (Å²) in [5, 5.41) is 13.8. The Balaban J connectivity index is 2.56. The summed E-state index contributed by atoms with van der Waals surface area (Å²) < 4.78 is 13.6. The van der Waals surface area contributed by atoms with Crippen LogP contribution in [0.5, 0.6) is 0 Å². The summed E-state index contributed by atoms with van der Waals surface area (Å²) in [5.41, 5.74) is -0.496. The molecule has 0 aliphatic rings. The number of amides is 2. The van der Waals surface area contributed by atoms with Crippen molar-refractivity contribution in [3.05, 3.63) is 35.1 Å². The molecule has 1 aromatic rings. The second-order valence-electron chi connectivity index (χ2n) is 4.73. The summed E-state index contributed by atoms with van der Waals surface area (Å²) in [7, 11) is 0. The first-order chi connectivity index (χ1) is 9.81. The van der Waals surface area contributed by atoms with Crippen molar-refractivity contribution in [1.82, 2.24) is 10.6 Å². The highest BCUT2D eigenvalue weighted by Gasteiger charge is 2.14. The van der Waals surface area contributed by atoms with Gasteiger partial charge < -0.3 is 15.7 Å². The van der Waals surface area contributed by atoms with E-state index in [1.165, 1.54) is 0 Å². The van der Waals surface area contributed by atoms with Crippen molar-refractivity contribution in [1.29, 1.82) is 0 Å². The normalized spacial score (nSPS) is 10.3. The number of aromatic carboxylic acids is 1. The number of nitrogens with one attached hydrogen (secondary N) is 2. The third-order valence-corrected chi connectivity index (χ3v) is 2.55. The Hall–Kier alpha value is -2.44. The number of hydrogen-bond donors (Lipinski definition) is 3. The number of carbonyl (C=O) groups excluding carboxylic acids is 2. The molecule has 0 heterocycles. The molecule has 0 unspecified atom stereocenters. The van der Waals surface area contributed by atoms with Crippen LogP contribution in [-0.4, -0.2) is 35.5 Å². The summed E-state index contributed by atoms with van der Waals surface area (Å²) in [4.78, 5) is 33.7. The zero-order chi connectivity index (χ0) is 16.0. The lowest BCUT2D eigenvalue weighted by Crippen LogP contribution is -2.34. The van der Waals surface area contributed by atoms with Crippen LogP contribution in [0.3, 0.4) is 0 Å². The summed E-state index contributed by atoms with van der Waals surface area (Å²) in [6.45, 7) is 3.70. The Morgan fingerprint density at radius 2 is 1.95 bits per heavy atom.